The Labute approximate surface area is 166 Å². The fourth-order valence-corrected chi connectivity index (χ4v) is 3.74. The molecule has 0 aliphatic carbocycles. The van der Waals surface area contributed by atoms with Crippen LogP contribution in [-0.2, 0) is 11.3 Å². The predicted octanol–water partition coefficient (Wildman–Crippen LogP) is 3.30. The lowest BCUT2D eigenvalue weighted by Gasteiger charge is -2.34. The Bertz CT molecular complexity index is 958. The number of fused-ring (bicyclic) bond motifs is 1. The van der Waals surface area contributed by atoms with E-state index in [2.05, 4.69) is 51.3 Å². The monoisotopic (exact) mass is 374 g/mol. The van der Waals surface area contributed by atoms with E-state index >= 15 is 0 Å². The molecule has 4 rings (SSSR count). The van der Waals surface area contributed by atoms with Gasteiger partial charge in [-0.25, -0.2) is 0 Å². The Morgan fingerprint density at radius 3 is 2.57 bits per heavy atom. The standard InChI is InChI=1S/C23H26N4O/c1-18-6-2-3-7-19(18)16-26-12-14-27(15-13-26)17-23(28)25-22-10-4-9-21-20(22)8-5-11-24-21/h2-11H,12-17H2,1H3,(H,25,28). The van der Waals surface area contributed by atoms with Crippen LogP contribution in [0.2, 0.25) is 0 Å². The van der Waals surface area contributed by atoms with E-state index in [1.807, 2.05) is 30.3 Å². The van der Waals surface area contributed by atoms with Gasteiger partial charge in [-0.3, -0.25) is 19.6 Å². The molecule has 0 saturated carbocycles. The predicted molar refractivity (Wildman–Crippen MR) is 113 cm³/mol. The van der Waals surface area contributed by atoms with Gasteiger partial charge in [-0.15, -0.1) is 0 Å². The summed E-state index contributed by atoms with van der Waals surface area (Å²) in [7, 11) is 0. The second-order valence-corrected chi connectivity index (χ2v) is 7.40. The zero-order valence-corrected chi connectivity index (χ0v) is 16.3. The number of aryl methyl sites for hydroxylation is 1. The molecule has 1 amide bonds. The number of pyridine rings is 1. The third-order valence-electron chi connectivity index (χ3n) is 5.41. The third kappa shape index (κ3) is 4.38. The van der Waals surface area contributed by atoms with Crippen molar-refractivity contribution in [1.82, 2.24) is 14.8 Å². The van der Waals surface area contributed by atoms with E-state index < -0.39 is 0 Å². The van der Waals surface area contributed by atoms with E-state index in [9.17, 15) is 4.79 Å². The van der Waals surface area contributed by atoms with Crippen LogP contribution in [-0.4, -0.2) is 53.4 Å². The number of nitrogens with one attached hydrogen (secondary N) is 1. The minimum atomic E-state index is 0.0312. The second kappa shape index (κ2) is 8.50. The van der Waals surface area contributed by atoms with Crippen molar-refractivity contribution in [2.24, 2.45) is 0 Å². The highest BCUT2D eigenvalue weighted by atomic mass is 16.2. The topological polar surface area (TPSA) is 48.5 Å². The molecule has 0 radical (unpaired) electrons. The molecule has 5 nitrogen and oxygen atoms in total. The summed E-state index contributed by atoms with van der Waals surface area (Å²) in [4.78, 5) is 21.6. The average molecular weight is 374 g/mol. The first-order valence-electron chi connectivity index (χ1n) is 9.82. The number of carbonyl (C=O) groups excluding carboxylic acids is 1. The molecule has 0 bridgehead atoms. The molecule has 3 aromatic rings. The Morgan fingerprint density at radius 2 is 1.75 bits per heavy atom. The molecule has 1 aliphatic rings. The normalized spacial score (nSPS) is 15.6. The van der Waals surface area contributed by atoms with Crippen LogP contribution in [0.4, 0.5) is 5.69 Å². The number of carbonyl (C=O) groups is 1. The first-order chi connectivity index (χ1) is 13.7. The molecule has 28 heavy (non-hydrogen) atoms. The summed E-state index contributed by atoms with van der Waals surface area (Å²) >= 11 is 0. The van der Waals surface area contributed by atoms with E-state index in [4.69, 9.17) is 0 Å². The van der Waals surface area contributed by atoms with Crippen LogP contribution in [0.1, 0.15) is 11.1 Å². The van der Waals surface area contributed by atoms with Gasteiger partial charge in [0, 0.05) is 44.3 Å². The Kier molecular flexibility index (Phi) is 5.65. The van der Waals surface area contributed by atoms with Crippen LogP contribution < -0.4 is 5.32 Å². The lowest BCUT2D eigenvalue weighted by molar-refractivity contribution is -0.117. The molecular formula is C23H26N4O. The zero-order valence-electron chi connectivity index (χ0n) is 16.3. The van der Waals surface area contributed by atoms with Gasteiger partial charge in [0.2, 0.25) is 5.91 Å². The van der Waals surface area contributed by atoms with Crippen LogP contribution in [0.5, 0.6) is 0 Å². The molecular weight excluding hydrogens is 348 g/mol. The lowest BCUT2D eigenvalue weighted by atomic mass is 10.1. The number of hydrogen-bond donors (Lipinski definition) is 1. The summed E-state index contributed by atoms with van der Waals surface area (Å²) in [5, 5.41) is 4.03. The van der Waals surface area contributed by atoms with E-state index in [1.165, 1.54) is 11.1 Å². The van der Waals surface area contributed by atoms with Crippen molar-refractivity contribution >= 4 is 22.5 Å². The zero-order chi connectivity index (χ0) is 19.3. The van der Waals surface area contributed by atoms with Crippen LogP contribution in [0.15, 0.2) is 60.8 Å². The Morgan fingerprint density at radius 1 is 0.964 bits per heavy atom. The molecule has 0 atom stereocenters. The third-order valence-corrected chi connectivity index (χ3v) is 5.41. The van der Waals surface area contributed by atoms with E-state index in [-0.39, 0.29) is 5.91 Å². The van der Waals surface area contributed by atoms with Gasteiger partial charge in [0.1, 0.15) is 0 Å². The average Bonchev–Trinajstić information content (AvgIpc) is 2.71. The molecule has 0 spiro atoms. The number of rotatable bonds is 5. The van der Waals surface area contributed by atoms with Gasteiger partial charge in [0.25, 0.3) is 0 Å². The van der Waals surface area contributed by atoms with Crippen LogP contribution >= 0.6 is 0 Å². The highest BCUT2D eigenvalue weighted by Crippen LogP contribution is 2.21. The highest BCUT2D eigenvalue weighted by molar-refractivity contribution is 6.01. The van der Waals surface area contributed by atoms with Crippen LogP contribution in [0, 0.1) is 6.92 Å². The largest absolute Gasteiger partial charge is 0.324 e. The molecule has 2 heterocycles. The quantitative estimate of drug-likeness (QED) is 0.744. The molecule has 1 aliphatic heterocycles. The maximum absolute atomic E-state index is 12.6. The summed E-state index contributed by atoms with van der Waals surface area (Å²) in [6.07, 6.45) is 1.77. The molecule has 144 valence electrons. The Balaban J connectivity index is 1.30. The van der Waals surface area contributed by atoms with Crippen LogP contribution in [0.25, 0.3) is 10.9 Å². The van der Waals surface area contributed by atoms with Gasteiger partial charge >= 0.3 is 0 Å². The summed E-state index contributed by atoms with van der Waals surface area (Å²) in [6.45, 7) is 7.37. The number of nitrogens with zero attached hydrogens (tertiary/aromatic N) is 3. The van der Waals surface area contributed by atoms with Gasteiger partial charge in [-0.2, -0.15) is 0 Å². The maximum Gasteiger partial charge on any atom is 0.238 e. The van der Waals surface area contributed by atoms with Crippen molar-refractivity contribution in [1.29, 1.82) is 0 Å². The summed E-state index contributed by atoms with van der Waals surface area (Å²) in [5.74, 6) is 0.0312. The van der Waals surface area contributed by atoms with Gasteiger partial charge in [0.15, 0.2) is 0 Å². The Hall–Kier alpha value is -2.76. The van der Waals surface area contributed by atoms with Crippen molar-refractivity contribution < 1.29 is 4.79 Å². The number of aromatic nitrogens is 1. The summed E-state index contributed by atoms with van der Waals surface area (Å²) < 4.78 is 0. The van der Waals surface area contributed by atoms with E-state index in [1.54, 1.807) is 6.20 Å². The molecule has 1 saturated heterocycles. The van der Waals surface area contributed by atoms with Crippen molar-refractivity contribution in [3.05, 3.63) is 71.9 Å². The smallest absolute Gasteiger partial charge is 0.238 e. The number of piperazine rings is 1. The summed E-state index contributed by atoms with van der Waals surface area (Å²) in [6, 6.07) is 18.3. The minimum Gasteiger partial charge on any atom is -0.324 e. The molecule has 1 aromatic heterocycles. The highest BCUT2D eigenvalue weighted by Gasteiger charge is 2.19. The number of anilines is 1. The van der Waals surface area contributed by atoms with Crippen molar-refractivity contribution in [3.8, 4) is 0 Å². The first kappa shape index (κ1) is 18.6. The van der Waals surface area contributed by atoms with E-state index in [0.29, 0.717) is 6.54 Å². The fraction of sp³-hybridized carbons (Fsp3) is 0.304. The van der Waals surface area contributed by atoms with Crippen LogP contribution in [0.3, 0.4) is 0 Å². The molecule has 1 fully saturated rings. The van der Waals surface area contributed by atoms with Gasteiger partial charge < -0.3 is 5.32 Å². The van der Waals surface area contributed by atoms with Gasteiger partial charge in [-0.05, 0) is 42.3 Å². The number of amides is 1. The lowest BCUT2D eigenvalue weighted by Crippen LogP contribution is -2.48. The second-order valence-electron chi connectivity index (χ2n) is 7.40. The van der Waals surface area contributed by atoms with Gasteiger partial charge in [0.05, 0.1) is 17.7 Å². The van der Waals surface area contributed by atoms with E-state index in [0.717, 1.165) is 49.3 Å². The minimum absolute atomic E-state index is 0.0312. The van der Waals surface area contributed by atoms with Gasteiger partial charge in [-0.1, -0.05) is 30.3 Å². The van der Waals surface area contributed by atoms with Crippen molar-refractivity contribution in [3.63, 3.8) is 0 Å². The number of benzene rings is 2. The van der Waals surface area contributed by atoms with Crippen molar-refractivity contribution in [2.45, 2.75) is 13.5 Å². The maximum atomic E-state index is 12.6. The molecule has 0 unspecified atom stereocenters. The molecule has 1 N–H and O–H groups in total. The SMILES string of the molecule is Cc1ccccc1CN1CCN(CC(=O)Nc2cccc3ncccc23)CC1. The number of hydrogen-bond acceptors (Lipinski definition) is 4. The molecule has 2 aromatic carbocycles. The first-order valence-corrected chi connectivity index (χ1v) is 9.82. The fourth-order valence-electron chi connectivity index (χ4n) is 3.74. The van der Waals surface area contributed by atoms with Crippen molar-refractivity contribution in [2.75, 3.05) is 38.0 Å². The molecule has 5 heteroatoms. The summed E-state index contributed by atoms with van der Waals surface area (Å²) in [5.41, 5.74) is 4.45.